The molecule has 1 atom stereocenters. The smallest absolute Gasteiger partial charge is 0.244 e. The summed E-state index contributed by atoms with van der Waals surface area (Å²) in [5.74, 6) is 0.250. The van der Waals surface area contributed by atoms with Crippen LogP contribution in [0.1, 0.15) is 51.9 Å². The lowest BCUT2D eigenvalue weighted by Crippen LogP contribution is -2.22. The van der Waals surface area contributed by atoms with E-state index >= 15 is 0 Å². The Bertz CT molecular complexity index is 934. The van der Waals surface area contributed by atoms with Gasteiger partial charge in [0, 0.05) is 17.9 Å². The first-order valence-electron chi connectivity index (χ1n) is 8.70. The fourth-order valence-electron chi connectivity index (χ4n) is 3.80. The Morgan fingerprint density at radius 2 is 2.00 bits per heavy atom. The highest BCUT2D eigenvalue weighted by Gasteiger charge is 2.36. The summed E-state index contributed by atoms with van der Waals surface area (Å²) < 4.78 is 11.2. The second kappa shape index (κ2) is 6.85. The quantitative estimate of drug-likeness (QED) is 0.879. The molecule has 2 heterocycles. The lowest BCUT2D eigenvalue weighted by atomic mass is 9.78. The first-order valence-corrected chi connectivity index (χ1v) is 8.70. The Morgan fingerprint density at radius 3 is 2.65 bits per heavy atom. The lowest BCUT2D eigenvalue weighted by Gasteiger charge is -2.28. The Morgan fingerprint density at radius 1 is 1.27 bits per heavy atom. The van der Waals surface area contributed by atoms with Crippen molar-refractivity contribution in [3.05, 3.63) is 56.6 Å². The molecule has 6 heteroatoms. The summed E-state index contributed by atoms with van der Waals surface area (Å²) in [7, 11) is 0. The Kier molecular flexibility index (Phi) is 4.75. The van der Waals surface area contributed by atoms with Crippen molar-refractivity contribution in [3.8, 4) is 11.9 Å². The van der Waals surface area contributed by atoms with E-state index in [-0.39, 0.29) is 11.8 Å². The highest BCUT2D eigenvalue weighted by molar-refractivity contribution is 5.60. The van der Waals surface area contributed by atoms with Gasteiger partial charge >= 0.3 is 0 Å². The Balaban J connectivity index is 2.28. The average molecular weight is 352 g/mol. The Hall–Kier alpha value is -2.78. The van der Waals surface area contributed by atoms with Gasteiger partial charge in [0.1, 0.15) is 11.6 Å². The van der Waals surface area contributed by atoms with Crippen LogP contribution in [-0.2, 0) is 11.3 Å². The molecule has 26 heavy (non-hydrogen) atoms. The third-order valence-electron chi connectivity index (χ3n) is 5.06. The number of aromatic nitrogens is 2. The van der Waals surface area contributed by atoms with E-state index < -0.39 is 0 Å². The summed E-state index contributed by atoms with van der Waals surface area (Å²) in [6, 6.07) is 4.39. The van der Waals surface area contributed by atoms with Crippen LogP contribution < -0.4 is 10.5 Å². The van der Waals surface area contributed by atoms with Crippen LogP contribution in [0.2, 0.25) is 0 Å². The van der Waals surface area contributed by atoms with Gasteiger partial charge in [0.2, 0.25) is 11.8 Å². The SMILES string of the molecule is CCOCc1c(C)cc(C)c([C@H]2C(C#N)=C(N)Oc3n[nH]c(C)c32)c1C. The topological polar surface area (TPSA) is 96.9 Å². The summed E-state index contributed by atoms with van der Waals surface area (Å²) in [4.78, 5) is 0. The van der Waals surface area contributed by atoms with Crippen molar-refractivity contribution in [3.63, 3.8) is 0 Å². The summed E-state index contributed by atoms with van der Waals surface area (Å²) in [5.41, 5.74) is 13.8. The molecule has 3 N–H and O–H groups in total. The monoisotopic (exact) mass is 352 g/mol. The number of aromatic amines is 1. The lowest BCUT2D eigenvalue weighted by molar-refractivity contribution is 0.133. The second-order valence-electron chi connectivity index (χ2n) is 6.66. The maximum Gasteiger partial charge on any atom is 0.244 e. The number of nitrogens with zero attached hydrogens (tertiary/aromatic N) is 2. The number of nitriles is 1. The third kappa shape index (κ3) is 2.74. The number of benzene rings is 1. The van der Waals surface area contributed by atoms with Gasteiger partial charge < -0.3 is 15.2 Å². The molecule has 0 radical (unpaired) electrons. The van der Waals surface area contributed by atoms with Gasteiger partial charge in [-0.3, -0.25) is 5.10 Å². The predicted octanol–water partition coefficient (Wildman–Crippen LogP) is 3.40. The third-order valence-corrected chi connectivity index (χ3v) is 5.06. The van der Waals surface area contributed by atoms with E-state index in [1.54, 1.807) is 0 Å². The number of allylic oxidation sites excluding steroid dienone is 1. The largest absolute Gasteiger partial charge is 0.420 e. The number of hydrogen-bond donors (Lipinski definition) is 2. The number of nitrogens with two attached hydrogens (primary N) is 1. The van der Waals surface area contributed by atoms with Crippen LogP contribution in [0.15, 0.2) is 17.5 Å². The average Bonchev–Trinajstić information content (AvgIpc) is 2.94. The van der Waals surface area contributed by atoms with E-state index in [1.807, 2.05) is 13.8 Å². The van der Waals surface area contributed by atoms with Crippen LogP contribution in [0, 0.1) is 39.0 Å². The maximum atomic E-state index is 9.77. The van der Waals surface area contributed by atoms with Gasteiger partial charge in [-0.25, -0.2) is 0 Å². The van der Waals surface area contributed by atoms with E-state index in [4.69, 9.17) is 15.2 Å². The number of rotatable bonds is 4. The molecule has 0 fully saturated rings. The zero-order chi connectivity index (χ0) is 19.0. The van der Waals surface area contributed by atoms with Crippen LogP contribution in [0.25, 0.3) is 0 Å². The van der Waals surface area contributed by atoms with Gasteiger partial charge in [-0.15, -0.1) is 5.10 Å². The van der Waals surface area contributed by atoms with E-state index in [9.17, 15) is 5.26 Å². The van der Waals surface area contributed by atoms with Crippen LogP contribution in [0.4, 0.5) is 0 Å². The molecule has 0 aliphatic carbocycles. The van der Waals surface area contributed by atoms with Gasteiger partial charge in [0.25, 0.3) is 0 Å². The number of fused-ring (bicyclic) bond motifs is 1. The molecular weight excluding hydrogens is 328 g/mol. The van der Waals surface area contributed by atoms with E-state index in [0.717, 1.165) is 33.5 Å². The molecule has 2 aromatic rings. The van der Waals surface area contributed by atoms with Crippen molar-refractivity contribution in [2.75, 3.05) is 6.61 Å². The first kappa shape index (κ1) is 18.0. The van der Waals surface area contributed by atoms with Gasteiger partial charge in [0.05, 0.1) is 12.5 Å². The van der Waals surface area contributed by atoms with E-state index in [2.05, 4.69) is 43.1 Å². The van der Waals surface area contributed by atoms with E-state index in [1.165, 1.54) is 5.56 Å². The number of ether oxygens (including phenoxy) is 2. The minimum atomic E-state index is -0.302. The van der Waals surface area contributed by atoms with Gasteiger partial charge in [0.15, 0.2) is 0 Å². The van der Waals surface area contributed by atoms with Crippen LogP contribution in [0.5, 0.6) is 5.88 Å². The fraction of sp³-hybridized carbons (Fsp3) is 0.400. The molecule has 1 aromatic carbocycles. The highest BCUT2D eigenvalue weighted by atomic mass is 16.5. The molecule has 3 rings (SSSR count). The zero-order valence-electron chi connectivity index (χ0n) is 15.9. The first-order chi connectivity index (χ1) is 12.4. The molecule has 0 unspecified atom stereocenters. The molecule has 0 bridgehead atoms. The normalized spacial score (nSPS) is 16.2. The van der Waals surface area contributed by atoms with Crippen LogP contribution >= 0.6 is 0 Å². The number of H-pyrrole nitrogens is 1. The summed E-state index contributed by atoms with van der Waals surface area (Å²) in [5, 5.41) is 16.9. The standard InChI is InChI=1S/C20H24N4O2/c1-6-25-9-15-10(2)7-11(3)16(12(15)4)18-14(8-21)19(22)26-20-17(18)13(5)23-24-20/h7,18H,6,9,22H2,1-5H3,(H,23,24)/t18-/m1/s1. The Labute approximate surface area is 153 Å². The summed E-state index contributed by atoms with van der Waals surface area (Å²) >= 11 is 0. The second-order valence-corrected chi connectivity index (χ2v) is 6.66. The molecule has 136 valence electrons. The molecule has 1 aliphatic heterocycles. The van der Waals surface area contributed by atoms with Gasteiger partial charge in [-0.05, 0) is 62.4 Å². The molecule has 0 saturated carbocycles. The molecular formula is C20H24N4O2. The maximum absolute atomic E-state index is 9.77. The molecule has 0 saturated heterocycles. The van der Waals surface area contributed by atoms with Crippen molar-refractivity contribution < 1.29 is 9.47 Å². The molecule has 6 nitrogen and oxygen atoms in total. The van der Waals surface area contributed by atoms with Crippen molar-refractivity contribution in [2.24, 2.45) is 5.73 Å². The molecule has 1 aliphatic rings. The van der Waals surface area contributed by atoms with E-state index in [0.29, 0.717) is 24.7 Å². The van der Waals surface area contributed by atoms with Crippen LogP contribution in [0.3, 0.4) is 0 Å². The number of aryl methyl sites for hydroxylation is 3. The van der Waals surface area contributed by atoms with Crippen molar-refractivity contribution in [1.29, 1.82) is 5.26 Å². The molecule has 0 spiro atoms. The number of hydrogen-bond acceptors (Lipinski definition) is 5. The van der Waals surface area contributed by atoms with Crippen LogP contribution in [-0.4, -0.2) is 16.8 Å². The predicted molar refractivity (Wildman–Crippen MR) is 98.6 cm³/mol. The minimum absolute atomic E-state index is 0.113. The fourth-order valence-corrected chi connectivity index (χ4v) is 3.80. The highest BCUT2D eigenvalue weighted by Crippen LogP contribution is 2.45. The van der Waals surface area contributed by atoms with Crippen molar-refractivity contribution in [2.45, 2.75) is 47.1 Å². The van der Waals surface area contributed by atoms with Gasteiger partial charge in [-0.2, -0.15) is 5.26 Å². The summed E-state index contributed by atoms with van der Waals surface area (Å²) in [6.07, 6.45) is 0. The van der Waals surface area contributed by atoms with Crippen molar-refractivity contribution in [1.82, 2.24) is 10.2 Å². The molecule has 1 aromatic heterocycles. The number of nitrogens with one attached hydrogen (secondary N) is 1. The zero-order valence-corrected chi connectivity index (χ0v) is 15.9. The minimum Gasteiger partial charge on any atom is -0.420 e. The molecule has 0 amide bonds. The van der Waals surface area contributed by atoms with Gasteiger partial charge in [-0.1, -0.05) is 6.07 Å². The summed E-state index contributed by atoms with van der Waals surface area (Å²) in [6.45, 7) is 11.3. The van der Waals surface area contributed by atoms with Crippen molar-refractivity contribution >= 4 is 0 Å².